The monoisotopic (exact) mass is 532 g/mol. The first-order valence-electron chi connectivity index (χ1n) is 10.3. The van der Waals surface area contributed by atoms with E-state index in [2.05, 4.69) is 9.88 Å². The molecule has 0 radical (unpaired) electrons. The minimum Gasteiger partial charge on any atom is -0.496 e. The second-order valence-electron chi connectivity index (χ2n) is 7.36. The summed E-state index contributed by atoms with van der Waals surface area (Å²) in [4.78, 5) is 13.7. The fourth-order valence-corrected chi connectivity index (χ4v) is 4.97. The van der Waals surface area contributed by atoms with Crippen LogP contribution in [0.25, 0.3) is 21.2 Å². The van der Waals surface area contributed by atoms with Crippen LogP contribution in [0, 0.1) is 6.92 Å². The van der Waals surface area contributed by atoms with Gasteiger partial charge in [0.2, 0.25) is 10.0 Å². The molecule has 8 nitrogen and oxygen atoms in total. The first-order valence-corrected chi connectivity index (χ1v) is 12.7. The Bertz CT molecular complexity index is 1480. The number of nitrogens with zero attached hydrogens (tertiary/aromatic N) is 2. The minimum absolute atomic E-state index is 0. The van der Waals surface area contributed by atoms with Crippen molar-refractivity contribution in [2.75, 3.05) is 14.2 Å². The molecule has 0 aliphatic heterocycles. The van der Waals surface area contributed by atoms with E-state index in [-0.39, 0.29) is 46.1 Å². The molecule has 36 heavy (non-hydrogen) atoms. The molecule has 0 fully saturated rings. The molecule has 0 saturated carbocycles. The quantitative estimate of drug-likeness (QED) is 0.185. The van der Waals surface area contributed by atoms with Crippen LogP contribution in [0.3, 0.4) is 0 Å². The van der Waals surface area contributed by atoms with Gasteiger partial charge in [0, 0.05) is 27.6 Å². The van der Waals surface area contributed by atoms with E-state index >= 15 is 0 Å². The first kappa shape index (κ1) is 27.7. The van der Waals surface area contributed by atoms with E-state index in [0.29, 0.717) is 28.4 Å². The molecule has 4 aromatic rings. The van der Waals surface area contributed by atoms with Gasteiger partial charge >= 0.3 is 29.6 Å². The van der Waals surface area contributed by atoms with Crippen LogP contribution in [0.4, 0.5) is 5.82 Å². The number of allylic oxidation sites excluding steroid dienone is 1. The molecule has 2 aromatic carbocycles. The van der Waals surface area contributed by atoms with Gasteiger partial charge in [0.1, 0.15) is 17.3 Å². The molecule has 2 aromatic heterocycles. The SMILES string of the molecule is COc1cc(OC)c(-c2cccs2)cc1/C=C/C(=O)c1ccc(S(=O)(=O)[N-]c2cc(C)on2)cc1.[Na+]. The third-order valence-electron chi connectivity index (χ3n) is 5.02. The summed E-state index contributed by atoms with van der Waals surface area (Å²) in [6.07, 6.45) is 3.07. The van der Waals surface area contributed by atoms with E-state index in [0.717, 1.165) is 10.4 Å². The number of ketones is 1. The number of carbonyl (C=O) groups is 1. The van der Waals surface area contributed by atoms with Crippen molar-refractivity contribution in [3.8, 4) is 21.9 Å². The van der Waals surface area contributed by atoms with E-state index in [4.69, 9.17) is 14.0 Å². The second-order valence-corrected chi connectivity index (χ2v) is 9.91. The topological polar surface area (TPSA) is 110 Å². The average molecular weight is 533 g/mol. The molecule has 0 aliphatic carbocycles. The summed E-state index contributed by atoms with van der Waals surface area (Å²) in [5, 5.41) is 5.55. The van der Waals surface area contributed by atoms with E-state index in [1.54, 1.807) is 44.6 Å². The Hall–Kier alpha value is -2.89. The molecule has 0 unspecified atom stereocenters. The van der Waals surface area contributed by atoms with Gasteiger partial charge in [-0.3, -0.25) is 9.95 Å². The maximum Gasteiger partial charge on any atom is 1.00 e. The number of sulfonamides is 1. The molecular formula is C25H21N2NaO6S2. The predicted molar refractivity (Wildman–Crippen MR) is 134 cm³/mol. The predicted octanol–water partition coefficient (Wildman–Crippen LogP) is 3.02. The van der Waals surface area contributed by atoms with Crippen LogP contribution in [0.15, 0.2) is 75.5 Å². The number of aryl methyl sites for hydroxylation is 1. The molecule has 0 N–H and O–H groups in total. The fraction of sp³-hybridized carbons (Fsp3) is 0.120. The number of benzene rings is 2. The van der Waals surface area contributed by atoms with Crippen LogP contribution in [-0.4, -0.2) is 33.6 Å². The Balaban J connectivity index is 0.00000361. The zero-order chi connectivity index (χ0) is 25.0. The summed E-state index contributed by atoms with van der Waals surface area (Å²) >= 11 is 1.58. The zero-order valence-corrected chi connectivity index (χ0v) is 23.7. The number of hydrogen-bond donors (Lipinski definition) is 0. The van der Waals surface area contributed by atoms with Crippen molar-refractivity contribution in [1.82, 2.24) is 5.16 Å². The van der Waals surface area contributed by atoms with Gasteiger partial charge < -0.3 is 18.7 Å². The van der Waals surface area contributed by atoms with Crippen molar-refractivity contribution in [2.45, 2.75) is 11.8 Å². The molecule has 0 saturated heterocycles. The van der Waals surface area contributed by atoms with Crippen LogP contribution < -0.4 is 39.0 Å². The number of aromatic nitrogens is 1. The molecule has 0 aliphatic rings. The van der Waals surface area contributed by atoms with Crippen LogP contribution in [-0.2, 0) is 10.0 Å². The molecule has 0 bridgehead atoms. The molecule has 4 rings (SSSR count). The molecule has 0 spiro atoms. The summed E-state index contributed by atoms with van der Waals surface area (Å²) < 4.78 is 44.4. The van der Waals surface area contributed by atoms with Gasteiger partial charge in [-0.2, -0.15) is 0 Å². The molecule has 2 heterocycles. The standard InChI is InChI=1S/C25H21N2O6S2.Na/c1-16-13-25(26-33-16)27-35(29,30)19-9-6-17(7-10-19)21(28)11-8-18-14-20(24-5-4-12-34-24)23(32-3)15-22(18)31-2;/h4-15H,1-3H3;/q-1;+1/b11-8+;. The number of ether oxygens (including phenoxy) is 2. The maximum absolute atomic E-state index is 12.8. The van der Waals surface area contributed by atoms with Gasteiger partial charge in [0.15, 0.2) is 5.78 Å². The van der Waals surface area contributed by atoms with Crippen molar-refractivity contribution in [2.24, 2.45) is 0 Å². The molecule has 11 heteroatoms. The molecule has 180 valence electrons. The summed E-state index contributed by atoms with van der Waals surface area (Å²) in [6.45, 7) is 1.64. The van der Waals surface area contributed by atoms with Crippen LogP contribution in [0.1, 0.15) is 21.7 Å². The second kappa shape index (κ2) is 11.9. The Morgan fingerprint density at radius 2 is 1.78 bits per heavy atom. The smallest absolute Gasteiger partial charge is 0.496 e. The Morgan fingerprint density at radius 3 is 2.36 bits per heavy atom. The van der Waals surface area contributed by atoms with Crippen molar-refractivity contribution >= 4 is 39.0 Å². The number of hydrogen-bond acceptors (Lipinski definition) is 8. The van der Waals surface area contributed by atoms with E-state index in [9.17, 15) is 13.2 Å². The molecule has 0 atom stereocenters. The molecular weight excluding hydrogens is 511 g/mol. The van der Waals surface area contributed by atoms with Crippen molar-refractivity contribution in [3.05, 3.63) is 87.7 Å². The Morgan fingerprint density at radius 1 is 1.06 bits per heavy atom. The number of thiophene rings is 1. The van der Waals surface area contributed by atoms with Gasteiger partial charge in [0.25, 0.3) is 0 Å². The van der Waals surface area contributed by atoms with Crippen molar-refractivity contribution in [1.29, 1.82) is 0 Å². The van der Waals surface area contributed by atoms with Gasteiger partial charge in [-0.05, 0) is 72.7 Å². The van der Waals surface area contributed by atoms with Gasteiger partial charge in [-0.15, -0.1) is 11.3 Å². The fourth-order valence-electron chi connectivity index (χ4n) is 3.30. The Labute approximate surface area is 235 Å². The van der Waals surface area contributed by atoms with Crippen molar-refractivity contribution in [3.63, 3.8) is 0 Å². The van der Waals surface area contributed by atoms with Crippen LogP contribution in [0.5, 0.6) is 11.5 Å². The zero-order valence-electron chi connectivity index (χ0n) is 20.1. The average Bonchev–Trinajstić information content (AvgIpc) is 3.53. The normalized spacial score (nSPS) is 11.2. The number of carbonyl (C=O) groups excluding carboxylic acids is 1. The number of rotatable bonds is 9. The van der Waals surface area contributed by atoms with E-state index in [1.165, 1.54) is 36.4 Å². The van der Waals surface area contributed by atoms with Crippen LogP contribution >= 0.6 is 11.3 Å². The van der Waals surface area contributed by atoms with Crippen molar-refractivity contribution < 1.29 is 56.8 Å². The molecule has 0 amide bonds. The van der Waals surface area contributed by atoms with E-state index < -0.39 is 10.0 Å². The third-order valence-corrected chi connectivity index (χ3v) is 7.22. The minimum atomic E-state index is -3.99. The number of methoxy groups -OCH3 is 2. The summed E-state index contributed by atoms with van der Waals surface area (Å²) in [6, 6.07) is 14.6. The largest absolute Gasteiger partial charge is 1.00 e. The summed E-state index contributed by atoms with van der Waals surface area (Å²) in [5.41, 5.74) is 1.91. The van der Waals surface area contributed by atoms with Gasteiger partial charge in [-0.1, -0.05) is 6.07 Å². The van der Waals surface area contributed by atoms with Gasteiger partial charge in [-0.25, -0.2) is 8.42 Å². The Kier molecular flexibility index (Phi) is 9.15. The van der Waals surface area contributed by atoms with E-state index in [1.807, 2.05) is 23.6 Å². The first-order chi connectivity index (χ1) is 16.8. The maximum atomic E-state index is 12.8. The van der Waals surface area contributed by atoms with Crippen LogP contribution in [0.2, 0.25) is 0 Å². The van der Waals surface area contributed by atoms with Gasteiger partial charge in [0.05, 0.1) is 19.1 Å². The summed E-state index contributed by atoms with van der Waals surface area (Å²) in [7, 11) is -0.857. The third kappa shape index (κ3) is 6.26. The summed E-state index contributed by atoms with van der Waals surface area (Å²) in [5.74, 6) is 1.32.